The van der Waals surface area contributed by atoms with Gasteiger partial charge in [-0.15, -0.1) is 11.3 Å². The lowest BCUT2D eigenvalue weighted by Crippen LogP contribution is -1.80. The second kappa shape index (κ2) is 4.67. The highest BCUT2D eigenvalue weighted by atomic mass is 79.9. The Hall–Kier alpha value is -1.86. The Morgan fingerprint density at radius 2 is 2.05 bits per heavy atom. The molecule has 96 valence electrons. The number of rotatable bonds is 2. The summed E-state index contributed by atoms with van der Waals surface area (Å²) in [5, 5.41) is 24.9. The molecule has 2 aromatic heterocycles. The summed E-state index contributed by atoms with van der Waals surface area (Å²) in [7, 11) is 0. The van der Waals surface area contributed by atoms with E-state index in [9.17, 15) is 10.2 Å². The first-order valence-electron chi connectivity index (χ1n) is 5.24. The van der Waals surface area contributed by atoms with Gasteiger partial charge in [-0.1, -0.05) is 5.16 Å². The third-order valence-corrected chi connectivity index (χ3v) is 4.11. The topological polar surface area (TPSA) is 79.4 Å². The average Bonchev–Trinajstić information content (AvgIpc) is 3.00. The van der Waals surface area contributed by atoms with Crippen LogP contribution < -0.4 is 0 Å². The number of hydrogen-bond donors (Lipinski definition) is 2. The van der Waals surface area contributed by atoms with Gasteiger partial charge in [-0.3, -0.25) is 0 Å². The number of aromatic hydroxyl groups is 2. The lowest BCUT2D eigenvalue weighted by Gasteiger charge is -1.99. The molecule has 0 fully saturated rings. The third-order valence-electron chi connectivity index (χ3n) is 2.42. The molecule has 0 bridgehead atoms. The zero-order valence-corrected chi connectivity index (χ0v) is 11.8. The van der Waals surface area contributed by atoms with Crippen molar-refractivity contribution >= 4 is 27.3 Å². The molecule has 0 aliphatic rings. The summed E-state index contributed by atoms with van der Waals surface area (Å²) in [6, 6.07) is 6.00. The summed E-state index contributed by atoms with van der Waals surface area (Å²) in [4.78, 5) is 5.06. The predicted molar refractivity (Wildman–Crippen MR) is 74.1 cm³/mol. The molecule has 0 radical (unpaired) electrons. The molecule has 0 atom stereocenters. The van der Waals surface area contributed by atoms with Crippen molar-refractivity contribution in [1.82, 2.24) is 10.1 Å². The maximum absolute atomic E-state index is 9.73. The van der Waals surface area contributed by atoms with E-state index in [1.165, 1.54) is 29.5 Å². The van der Waals surface area contributed by atoms with Crippen molar-refractivity contribution in [3.8, 4) is 33.7 Å². The molecule has 5 nitrogen and oxygen atoms in total. The number of aromatic nitrogens is 2. The standard InChI is InChI=1S/C12H7BrN2O3S/c13-6-3-10(19-5-6)11-14-12(18-15-11)8-4-7(16)1-2-9(8)17/h1-5,16-17H. The van der Waals surface area contributed by atoms with Gasteiger partial charge in [-0.2, -0.15) is 4.98 Å². The fourth-order valence-corrected chi connectivity index (χ4v) is 2.91. The zero-order chi connectivity index (χ0) is 13.4. The third kappa shape index (κ3) is 2.34. The molecule has 0 amide bonds. The number of halogens is 1. The summed E-state index contributed by atoms with van der Waals surface area (Å²) in [6.45, 7) is 0. The van der Waals surface area contributed by atoms with Crippen LogP contribution in [-0.2, 0) is 0 Å². The van der Waals surface area contributed by atoms with E-state index >= 15 is 0 Å². The summed E-state index contributed by atoms with van der Waals surface area (Å²) >= 11 is 4.83. The fraction of sp³-hybridized carbons (Fsp3) is 0. The Morgan fingerprint density at radius 3 is 2.79 bits per heavy atom. The number of nitrogens with zero attached hydrogens (tertiary/aromatic N) is 2. The van der Waals surface area contributed by atoms with Crippen LogP contribution in [0.5, 0.6) is 11.5 Å². The van der Waals surface area contributed by atoms with Crippen molar-refractivity contribution in [1.29, 1.82) is 0 Å². The van der Waals surface area contributed by atoms with E-state index in [1.807, 2.05) is 11.4 Å². The normalized spacial score (nSPS) is 10.8. The number of phenolic OH excluding ortho intramolecular Hbond substituents is 2. The van der Waals surface area contributed by atoms with Crippen LogP contribution >= 0.6 is 27.3 Å². The first-order valence-corrected chi connectivity index (χ1v) is 6.91. The highest BCUT2D eigenvalue weighted by molar-refractivity contribution is 9.10. The van der Waals surface area contributed by atoms with Crippen LogP contribution in [0.1, 0.15) is 0 Å². The molecular weight excluding hydrogens is 332 g/mol. The van der Waals surface area contributed by atoms with E-state index in [0.717, 1.165) is 9.35 Å². The molecule has 19 heavy (non-hydrogen) atoms. The molecule has 0 aliphatic carbocycles. The van der Waals surface area contributed by atoms with E-state index in [1.54, 1.807) is 0 Å². The minimum atomic E-state index is -0.0274. The molecule has 0 spiro atoms. The molecular formula is C12H7BrN2O3S. The second-order valence-corrected chi connectivity index (χ2v) is 5.58. The van der Waals surface area contributed by atoms with Crippen molar-refractivity contribution < 1.29 is 14.7 Å². The van der Waals surface area contributed by atoms with Crippen LogP contribution in [0.4, 0.5) is 0 Å². The maximum atomic E-state index is 9.73. The minimum absolute atomic E-state index is 0.0198. The smallest absolute Gasteiger partial charge is 0.262 e. The molecule has 0 saturated carbocycles. The van der Waals surface area contributed by atoms with Crippen molar-refractivity contribution in [2.24, 2.45) is 0 Å². The van der Waals surface area contributed by atoms with Gasteiger partial charge in [0.2, 0.25) is 5.82 Å². The summed E-state index contributed by atoms with van der Waals surface area (Å²) < 4.78 is 6.05. The molecule has 0 unspecified atom stereocenters. The van der Waals surface area contributed by atoms with Gasteiger partial charge in [0.05, 0.1) is 10.4 Å². The van der Waals surface area contributed by atoms with Crippen LogP contribution in [0.3, 0.4) is 0 Å². The molecule has 1 aromatic carbocycles. The lowest BCUT2D eigenvalue weighted by molar-refractivity contribution is 0.423. The molecule has 0 saturated heterocycles. The number of thiophene rings is 1. The van der Waals surface area contributed by atoms with E-state index in [-0.39, 0.29) is 17.4 Å². The van der Waals surface area contributed by atoms with Crippen molar-refractivity contribution in [2.75, 3.05) is 0 Å². The van der Waals surface area contributed by atoms with Gasteiger partial charge in [-0.05, 0) is 40.2 Å². The summed E-state index contributed by atoms with van der Waals surface area (Å²) in [5.41, 5.74) is 0.300. The molecule has 2 heterocycles. The Morgan fingerprint density at radius 1 is 1.21 bits per heavy atom. The number of phenols is 2. The number of benzene rings is 1. The molecule has 3 aromatic rings. The largest absolute Gasteiger partial charge is 0.508 e. The Labute approximate surface area is 120 Å². The summed E-state index contributed by atoms with van der Waals surface area (Å²) in [5.74, 6) is 0.591. The zero-order valence-electron chi connectivity index (χ0n) is 9.37. The fourth-order valence-electron chi connectivity index (χ4n) is 1.56. The molecule has 7 heteroatoms. The highest BCUT2D eigenvalue weighted by Gasteiger charge is 2.15. The molecule has 3 rings (SSSR count). The monoisotopic (exact) mass is 338 g/mol. The van der Waals surface area contributed by atoms with E-state index in [0.29, 0.717) is 11.4 Å². The SMILES string of the molecule is Oc1ccc(O)c(-c2nc(-c3cc(Br)cs3)no2)c1. The lowest BCUT2D eigenvalue weighted by atomic mass is 10.2. The van der Waals surface area contributed by atoms with Crippen molar-refractivity contribution in [2.45, 2.75) is 0 Å². The molecule has 2 N–H and O–H groups in total. The highest BCUT2D eigenvalue weighted by Crippen LogP contribution is 2.33. The van der Waals surface area contributed by atoms with Crippen LogP contribution in [-0.4, -0.2) is 20.4 Å². The quantitative estimate of drug-likeness (QED) is 0.697. The van der Waals surface area contributed by atoms with E-state index in [4.69, 9.17) is 4.52 Å². The predicted octanol–water partition coefficient (Wildman–Crippen LogP) is 3.64. The molecule has 0 aliphatic heterocycles. The van der Waals surface area contributed by atoms with Gasteiger partial charge >= 0.3 is 0 Å². The van der Waals surface area contributed by atoms with Gasteiger partial charge in [0, 0.05) is 9.85 Å². The summed E-state index contributed by atoms with van der Waals surface area (Å²) in [6.07, 6.45) is 0. The van der Waals surface area contributed by atoms with Gasteiger partial charge in [0.25, 0.3) is 5.89 Å². The van der Waals surface area contributed by atoms with E-state index in [2.05, 4.69) is 26.1 Å². The van der Waals surface area contributed by atoms with Crippen LogP contribution in [0, 0.1) is 0 Å². The van der Waals surface area contributed by atoms with E-state index < -0.39 is 0 Å². The van der Waals surface area contributed by atoms with Gasteiger partial charge in [0.15, 0.2) is 0 Å². The maximum Gasteiger partial charge on any atom is 0.262 e. The number of hydrogen-bond acceptors (Lipinski definition) is 6. The first-order chi connectivity index (χ1) is 9.13. The Bertz CT molecular complexity index is 738. The van der Waals surface area contributed by atoms with Gasteiger partial charge in [0.1, 0.15) is 11.5 Å². The van der Waals surface area contributed by atoms with Gasteiger partial charge < -0.3 is 14.7 Å². The van der Waals surface area contributed by atoms with Gasteiger partial charge in [-0.25, -0.2) is 0 Å². The van der Waals surface area contributed by atoms with Crippen LogP contribution in [0.15, 0.2) is 38.6 Å². The minimum Gasteiger partial charge on any atom is -0.508 e. The Kier molecular flexibility index (Phi) is 3.00. The second-order valence-electron chi connectivity index (χ2n) is 3.75. The average molecular weight is 339 g/mol. The first kappa shape index (κ1) is 12.2. The van der Waals surface area contributed by atoms with Crippen LogP contribution in [0.2, 0.25) is 0 Å². The van der Waals surface area contributed by atoms with Crippen LogP contribution in [0.25, 0.3) is 22.2 Å². The van der Waals surface area contributed by atoms with Crippen molar-refractivity contribution in [3.05, 3.63) is 34.1 Å². The van der Waals surface area contributed by atoms with Crippen molar-refractivity contribution in [3.63, 3.8) is 0 Å². The Balaban J connectivity index is 2.03.